The van der Waals surface area contributed by atoms with Gasteiger partial charge in [-0.25, -0.2) is 0 Å². The van der Waals surface area contributed by atoms with Gasteiger partial charge in [0.15, 0.2) is 11.5 Å². The summed E-state index contributed by atoms with van der Waals surface area (Å²) in [5.74, 6) is 1.32. The van der Waals surface area contributed by atoms with Crippen molar-refractivity contribution in [3.63, 3.8) is 0 Å². The molecule has 2 N–H and O–H groups in total. The molecule has 0 aromatic heterocycles. The summed E-state index contributed by atoms with van der Waals surface area (Å²) in [5, 5.41) is 5.95. The minimum Gasteiger partial charge on any atom is -0.490 e. The summed E-state index contributed by atoms with van der Waals surface area (Å²) in [7, 11) is 0. The topological polar surface area (TPSA) is 76.7 Å². The summed E-state index contributed by atoms with van der Waals surface area (Å²) in [6.07, 6.45) is 3.72. The Hall–Kier alpha value is -3.02. The predicted molar refractivity (Wildman–Crippen MR) is 122 cm³/mol. The van der Waals surface area contributed by atoms with Gasteiger partial charge in [0.1, 0.15) is 0 Å². The molecule has 1 saturated carbocycles. The zero-order valence-corrected chi connectivity index (χ0v) is 18.6. The smallest absolute Gasteiger partial charge is 0.251 e. The van der Waals surface area contributed by atoms with E-state index in [9.17, 15) is 9.59 Å². The van der Waals surface area contributed by atoms with Gasteiger partial charge < -0.3 is 20.1 Å². The first-order valence-corrected chi connectivity index (χ1v) is 11.1. The first-order chi connectivity index (χ1) is 15.0. The van der Waals surface area contributed by atoms with Crippen LogP contribution in [-0.2, 0) is 4.79 Å². The van der Waals surface area contributed by atoms with Crippen molar-refractivity contribution in [1.29, 1.82) is 0 Å². The Labute approximate surface area is 184 Å². The monoisotopic (exact) mass is 424 g/mol. The molecule has 0 aliphatic heterocycles. The van der Waals surface area contributed by atoms with Crippen LogP contribution in [0, 0.1) is 5.92 Å². The third-order valence-corrected chi connectivity index (χ3v) is 5.10. The molecule has 0 bridgehead atoms. The predicted octanol–water partition coefficient (Wildman–Crippen LogP) is 5.10. The van der Waals surface area contributed by atoms with Crippen molar-refractivity contribution in [3.8, 4) is 11.5 Å². The summed E-state index contributed by atoms with van der Waals surface area (Å²) >= 11 is 0. The SMILES string of the molecule is CCCOc1ccc(C(=O)NC(C)c2ccc(NC(=O)C3CC3)cc2)cc1OCCC. The molecule has 1 fully saturated rings. The maximum atomic E-state index is 12.8. The van der Waals surface area contributed by atoms with Gasteiger partial charge in [-0.15, -0.1) is 0 Å². The minimum atomic E-state index is -0.184. The molecule has 6 heteroatoms. The average Bonchev–Trinajstić information content (AvgIpc) is 3.62. The number of anilines is 1. The van der Waals surface area contributed by atoms with Gasteiger partial charge in [-0.05, 0) is 68.5 Å². The molecule has 31 heavy (non-hydrogen) atoms. The van der Waals surface area contributed by atoms with Gasteiger partial charge in [0.2, 0.25) is 5.91 Å². The standard InChI is InChI=1S/C25H32N2O4/c1-4-14-30-22-13-10-20(16-23(22)31-15-5-2)25(29)26-17(3)18-8-11-21(12-9-18)27-24(28)19-6-7-19/h8-13,16-17,19H,4-7,14-15H2,1-3H3,(H,26,29)(H,27,28). The van der Waals surface area contributed by atoms with Crippen molar-refractivity contribution in [3.05, 3.63) is 53.6 Å². The van der Waals surface area contributed by atoms with Gasteiger partial charge in [0.05, 0.1) is 19.3 Å². The summed E-state index contributed by atoms with van der Waals surface area (Å²) in [4.78, 5) is 24.7. The minimum absolute atomic E-state index is 0.0848. The number of carbonyl (C=O) groups excluding carboxylic acids is 2. The van der Waals surface area contributed by atoms with Crippen molar-refractivity contribution in [2.24, 2.45) is 5.92 Å². The van der Waals surface area contributed by atoms with Crippen molar-refractivity contribution in [2.75, 3.05) is 18.5 Å². The van der Waals surface area contributed by atoms with Crippen molar-refractivity contribution in [1.82, 2.24) is 5.32 Å². The van der Waals surface area contributed by atoms with Crippen molar-refractivity contribution >= 4 is 17.5 Å². The molecule has 1 unspecified atom stereocenters. The van der Waals surface area contributed by atoms with Gasteiger partial charge in [0.25, 0.3) is 5.91 Å². The van der Waals surface area contributed by atoms with E-state index < -0.39 is 0 Å². The highest BCUT2D eigenvalue weighted by atomic mass is 16.5. The zero-order valence-electron chi connectivity index (χ0n) is 18.6. The van der Waals surface area contributed by atoms with E-state index in [-0.39, 0.29) is 23.8 Å². The van der Waals surface area contributed by atoms with Crippen LogP contribution in [0.4, 0.5) is 5.69 Å². The lowest BCUT2D eigenvalue weighted by atomic mass is 10.1. The van der Waals surface area contributed by atoms with Gasteiger partial charge in [-0.3, -0.25) is 9.59 Å². The maximum Gasteiger partial charge on any atom is 0.251 e. The third-order valence-electron chi connectivity index (χ3n) is 5.10. The van der Waals surface area contributed by atoms with E-state index in [1.807, 2.05) is 45.0 Å². The van der Waals surface area contributed by atoms with Crippen LogP contribution < -0.4 is 20.1 Å². The van der Waals surface area contributed by atoms with E-state index >= 15 is 0 Å². The summed E-state index contributed by atoms with van der Waals surface area (Å²) in [6, 6.07) is 12.7. The Kier molecular flexibility index (Phi) is 7.93. The van der Waals surface area contributed by atoms with Crippen molar-refractivity contribution in [2.45, 2.75) is 52.5 Å². The van der Waals surface area contributed by atoms with Gasteiger partial charge in [0, 0.05) is 17.2 Å². The third kappa shape index (κ3) is 6.48. The molecule has 2 aromatic carbocycles. The van der Waals surface area contributed by atoms with E-state index in [0.29, 0.717) is 30.3 Å². The molecule has 6 nitrogen and oxygen atoms in total. The quantitative estimate of drug-likeness (QED) is 0.526. The largest absolute Gasteiger partial charge is 0.490 e. The number of amides is 2. The molecule has 2 amide bonds. The molecule has 1 aliphatic carbocycles. The van der Waals surface area contributed by atoms with E-state index in [1.165, 1.54) is 0 Å². The molecule has 166 valence electrons. The normalized spacial score (nSPS) is 13.9. The molecule has 0 radical (unpaired) electrons. The number of ether oxygens (including phenoxy) is 2. The second-order valence-corrected chi connectivity index (χ2v) is 7.94. The number of benzene rings is 2. The molecule has 0 saturated heterocycles. The fourth-order valence-electron chi connectivity index (χ4n) is 3.11. The number of hydrogen-bond acceptors (Lipinski definition) is 4. The Bertz CT molecular complexity index is 891. The fourth-order valence-corrected chi connectivity index (χ4v) is 3.11. The number of rotatable bonds is 11. The summed E-state index contributed by atoms with van der Waals surface area (Å²) < 4.78 is 11.5. The van der Waals surface area contributed by atoms with E-state index in [2.05, 4.69) is 10.6 Å². The van der Waals surface area contributed by atoms with Crippen LogP contribution in [-0.4, -0.2) is 25.0 Å². The molecule has 2 aromatic rings. The van der Waals surface area contributed by atoms with E-state index in [1.54, 1.807) is 18.2 Å². The first kappa shape index (κ1) is 22.7. The van der Waals surface area contributed by atoms with Crippen molar-refractivity contribution < 1.29 is 19.1 Å². The summed E-state index contributed by atoms with van der Waals surface area (Å²) in [5.41, 5.74) is 2.26. The second-order valence-electron chi connectivity index (χ2n) is 7.94. The van der Waals surface area contributed by atoms with Crippen LogP contribution in [0.1, 0.15) is 68.4 Å². The Morgan fingerprint density at radius 1 is 0.968 bits per heavy atom. The van der Waals surface area contributed by atoms with E-state index in [0.717, 1.165) is 36.9 Å². The van der Waals surface area contributed by atoms with Gasteiger partial charge >= 0.3 is 0 Å². The average molecular weight is 425 g/mol. The zero-order chi connectivity index (χ0) is 22.2. The molecular weight excluding hydrogens is 392 g/mol. The molecule has 3 rings (SSSR count). The van der Waals surface area contributed by atoms with Gasteiger partial charge in [-0.1, -0.05) is 26.0 Å². The molecular formula is C25H32N2O4. The van der Waals surface area contributed by atoms with E-state index in [4.69, 9.17) is 9.47 Å². The Balaban J connectivity index is 1.63. The lowest BCUT2D eigenvalue weighted by Gasteiger charge is -2.17. The van der Waals surface area contributed by atoms with Crippen LogP contribution in [0.15, 0.2) is 42.5 Å². The highest BCUT2D eigenvalue weighted by Gasteiger charge is 2.29. The number of hydrogen-bond donors (Lipinski definition) is 2. The van der Waals surface area contributed by atoms with Gasteiger partial charge in [-0.2, -0.15) is 0 Å². The van der Waals surface area contributed by atoms with Crippen LogP contribution in [0.2, 0.25) is 0 Å². The van der Waals surface area contributed by atoms with Crippen LogP contribution in [0.25, 0.3) is 0 Å². The molecule has 0 heterocycles. The highest BCUT2D eigenvalue weighted by molar-refractivity contribution is 5.95. The summed E-state index contributed by atoms with van der Waals surface area (Å²) in [6.45, 7) is 7.18. The van der Waals surface area contributed by atoms with Crippen LogP contribution in [0.3, 0.4) is 0 Å². The molecule has 1 atom stereocenters. The Morgan fingerprint density at radius 3 is 2.23 bits per heavy atom. The maximum absolute atomic E-state index is 12.8. The number of carbonyl (C=O) groups is 2. The Morgan fingerprint density at radius 2 is 1.61 bits per heavy atom. The lowest BCUT2D eigenvalue weighted by Crippen LogP contribution is -2.26. The fraction of sp³-hybridized carbons (Fsp3) is 0.440. The second kappa shape index (κ2) is 10.8. The number of nitrogens with one attached hydrogen (secondary N) is 2. The highest BCUT2D eigenvalue weighted by Crippen LogP contribution is 2.31. The lowest BCUT2D eigenvalue weighted by molar-refractivity contribution is -0.117. The van der Waals surface area contributed by atoms with Crippen LogP contribution >= 0.6 is 0 Å². The molecule has 0 spiro atoms. The van der Waals surface area contributed by atoms with Crippen LogP contribution in [0.5, 0.6) is 11.5 Å². The molecule has 1 aliphatic rings. The first-order valence-electron chi connectivity index (χ1n) is 11.1.